The standard InChI is InChI=1S/C10H10FNO2/c11-9-8-2-1-7(10(13)14)5-6(8)3-4-12-9/h1-2,5,9,12H,3-4H2,(H,13,14). The van der Waals surface area contributed by atoms with Crippen LogP contribution in [-0.2, 0) is 6.42 Å². The highest BCUT2D eigenvalue weighted by Crippen LogP contribution is 2.24. The maximum atomic E-state index is 13.3. The molecule has 0 spiro atoms. The average Bonchev–Trinajstić information content (AvgIpc) is 2.17. The summed E-state index contributed by atoms with van der Waals surface area (Å²) in [5, 5.41) is 11.4. The van der Waals surface area contributed by atoms with E-state index in [0.717, 1.165) is 5.56 Å². The lowest BCUT2D eigenvalue weighted by Gasteiger charge is -2.21. The zero-order valence-corrected chi connectivity index (χ0v) is 7.46. The molecular formula is C10H10FNO2. The highest BCUT2D eigenvalue weighted by atomic mass is 19.1. The molecule has 0 fully saturated rings. The molecular weight excluding hydrogens is 185 g/mol. The Morgan fingerprint density at radius 2 is 2.36 bits per heavy atom. The van der Waals surface area contributed by atoms with Crippen LogP contribution in [0.3, 0.4) is 0 Å². The van der Waals surface area contributed by atoms with E-state index in [1.807, 2.05) is 0 Å². The van der Waals surface area contributed by atoms with Crippen molar-refractivity contribution in [1.82, 2.24) is 5.32 Å². The van der Waals surface area contributed by atoms with Gasteiger partial charge in [0.25, 0.3) is 0 Å². The highest BCUT2D eigenvalue weighted by Gasteiger charge is 2.19. The van der Waals surface area contributed by atoms with E-state index >= 15 is 0 Å². The van der Waals surface area contributed by atoms with Crippen LogP contribution in [0.4, 0.5) is 4.39 Å². The zero-order chi connectivity index (χ0) is 10.1. The van der Waals surface area contributed by atoms with Crippen LogP contribution in [0.5, 0.6) is 0 Å². The van der Waals surface area contributed by atoms with Crippen molar-refractivity contribution in [2.45, 2.75) is 12.7 Å². The summed E-state index contributed by atoms with van der Waals surface area (Å²) < 4.78 is 13.3. The predicted octanol–water partition coefficient (Wildman–Crippen LogP) is 1.50. The molecule has 3 nitrogen and oxygen atoms in total. The van der Waals surface area contributed by atoms with Crippen LogP contribution in [0.2, 0.25) is 0 Å². The third-order valence-corrected chi connectivity index (χ3v) is 2.38. The minimum absolute atomic E-state index is 0.220. The molecule has 14 heavy (non-hydrogen) atoms. The second-order valence-electron chi connectivity index (χ2n) is 3.29. The molecule has 1 aliphatic rings. The molecule has 4 heteroatoms. The quantitative estimate of drug-likeness (QED) is 0.667. The second kappa shape index (κ2) is 3.38. The molecule has 1 unspecified atom stereocenters. The van der Waals surface area contributed by atoms with E-state index in [0.29, 0.717) is 18.5 Å². The third kappa shape index (κ3) is 1.48. The van der Waals surface area contributed by atoms with E-state index in [4.69, 9.17) is 5.11 Å². The largest absolute Gasteiger partial charge is 0.478 e. The Kier molecular flexibility index (Phi) is 2.21. The van der Waals surface area contributed by atoms with E-state index in [-0.39, 0.29) is 5.56 Å². The van der Waals surface area contributed by atoms with Crippen molar-refractivity contribution in [2.75, 3.05) is 6.54 Å². The van der Waals surface area contributed by atoms with Crippen LogP contribution in [0.25, 0.3) is 0 Å². The number of rotatable bonds is 1. The molecule has 0 aliphatic carbocycles. The molecule has 2 N–H and O–H groups in total. The minimum Gasteiger partial charge on any atom is -0.478 e. The van der Waals surface area contributed by atoms with Crippen molar-refractivity contribution >= 4 is 5.97 Å². The monoisotopic (exact) mass is 195 g/mol. The number of carbonyl (C=O) groups is 1. The van der Waals surface area contributed by atoms with E-state index in [2.05, 4.69) is 5.32 Å². The van der Waals surface area contributed by atoms with E-state index in [9.17, 15) is 9.18 Å². The van der Waals surface area contributed by atoms with Crippen molar-refractivity contribution in [1.29, 1.82) is 0 Å². The first-order valence-electron chi connectivity index (χ1n) is 4.42. The summed E-state index contributed by atoms with van der Waals surface area (Å²) in [7, 11) is 0. The van der Waals surface area contributed by atoms with Crippen LogP contribution in [-0.4, -0.2) is 17.6 Å². The lowest BCUT2D eigenvalue weighted by molar-refractivity contribution is 0.0696. The first kappa shape index (κ1) is 9.15. The molecule has 1 aromatic carbocycles. The van der Waals surface area contributed by atoms with E-state index in [1.54, 1.807) is 6.07 Å². The summed E-state index contributed by atoms with van der Waals surface area (Å²) >= 11 is 0. The SMILES string of the molecule is O=C(O)c1ccc2c(c1)CCNC2F. The number of fused-ring (bicyclic) bond motifs is 1. The van der Waals surface area contributed by atoms with Crippen LogP contribution in [0, 0.1) is 0 Å². The molecule has 0 bridgehead atoms. The number of hydrogen-bond acceptors (Lipinski definition) is 2. The van der Waals surface area contributed by atoms with Gasteiger partial charge in [-0.15, -0.1) is 0 Å². The summed E-state index contributed by atoms with van der Waals surface area (Å²) in [4.78, 5) is 10.7. The Morgan fingerprint density at radius 3 is 3.07 bits per heavy atom. The summed E-state index contributed by atoms with van der Waals surface area (Å²) in [6.07, 6.45) is -0.488. The number of carboxylic acid groups (broad SMARTS) is 1. The summed E-state index contributed by atoms with van der Waals surface area (Å²) in [5.74, 6) is -0.971. The van der Waals surface area contributed by atoms with Gasteiger partial charge >= 0.3 is 5.97 Å². The number of halogens is 1. The van der Waals surface area contributed by atoms with Gasteiger partial charge < -0.3 is 5.11 Å². The Bertz CT molecular complexity index is 378. The number of alkyl halides is 1. The minimum atomic E-state index is -1.17. The molecule has 0 saturated carbocycles. The Hall–Kier alpha value is -1.42. The average molecular weight is 195 g/mol. The lowest BCUT2D eigenvalue weighted by Crippen LogP contribution is -2.27. The van der Waals surface area contributed by atoms with Crippen molar-refractivity contribution < 1.29 is 14.3 Å². The molecule has 0 aromatic heterocycles. The van der Waals surface area contributed by atoms with E-state index < -0.39 is 12.3 Å². The molecule has 0 saturated heterocycles. The van der Waals surface area contributed by atoms with Gasteiger partial charge in [0.15, 0.2) is 6.30 Å². The molecule has 0 radical (unpaired) electrons. The van der Waals surface area contributed by atoms with Crippen molar-refractivity contribution in [3.8, 4) is 0 Å². The Labute approximate surface area is 80.6 Å². The van der Waals surface area contributed by atoms with Crippen molar-refractivity contribution in [3.05, 3.63) is 34.9 Å². The number of aromatic carboxylic acids is 1. The maximum absolute atomic E-state index is 13.3. The fraction of sp³-hybridized carbons (Fsp3) is 0.300. The first-order valence-corrected chi connectivity index (χ1v) is 4.42. The molecule has 1 heterocycles. The van der Waals surface area contributed by atoms with Crippen LogP contribution >= 0.6 is 0 Å². The normalized spacial score (nSPS) is 20.2. The zero-order valence-electron chi connectivity index (χ0n) is 7.46. The second-order valence-corrected chi connectivity index (χ2v) is 3.29. The van der Waals surface area contributed by atoms with Gasteiger partial charge in [-0.3, -0.25) is 5.32 Å². The molecule has 1 aliphatic heterocycles. The van der Waals surface area contributed by atoms with Gasteiger partial charge in [0.1, 0.15) is 0 Å². The molecule has 1 aromatic rings. The molecule has 0 amide bonds. The first-order chi connectivity index (χ1) is 6.68. The highest BCUT2D eigenvalue weighted by molar-refractivity contribution is 5.87. The molecule has 2 rings (SSSR count). The van der Waals surface area contributed by atoms with Crippen molar-refractivity contribution in [3.63, 3.8) is 0 Å². The topological polar surface area (TPSA) is 49.3 Å². The number of carboxylic acids is 1. The predicted molar refractivity (Wildman–Crippen MR) is 49.0 cm³/mol. The van der Waals surface area contributed by atoms with Crippen LogP contribution < -0.4 is 5.32 Å². The Balaban J connectivity index is 2.44. The van der Waals surface area contributed by atoms with Gasteiger partial charge in [-0.05, 0) is 24.1 Å². The summed E-state index contributed by atoms with van der Waals surface area (Å²) in [6.45, 7) is 0.553. The smallest absolute Gasteiger partial charge is 0.335 e. The molecule has 1 atom stereocenters. The maximum Gasteiger partial charge on any atom is 0.335 e. The number of nitrogens with one attached hydrogen (secondary N) is 1. The van der Waals surface area contributed by atoms with Gasteiger partial charge in [-0.2, -0.15) is 0 Å². The fourth-order valence-electron chi connectivity index (χ4n) is 1.65. The van der Waals surface area contributed by atoms with E-state index in [1.165, 1.54) is 12.1 Å². The number of hydrogen-bond donors (Lipinski definition) is 2. The number of benzene rings is 1. The summed E-state index contributed by atoms with van der Waals surface area (Å²) in [5.41, 5.74) is 1.57. The van der Waals surface area contributed by atoms with Gasteiger partial charge in [-0.25, -0.2) is 9.18 Å². The molecule has 74 valence electrons. The van der Waals surface area contributed by atoms with Crippen LogP contribution in [0.1, 0.15) is 27.8 Å². The fourth-order valence-corrected chi connectivity index (χ4v) is 1.65. The van der Waals surface area contributed by atoms with Gasteiger partial charge in [0, 0.05) is 12.1 Å². The van der Waals surface area contributed by atoms with Crippen molar-refractivity contribution in [2.24, 2.45) is 0 Å². The van der Waals surface area contributed by atoms with Gasteiger partial charge in [0.05, 0.1) is 5.56 Å². The van der Waals surface area contributed by atoms with Gasteiger partial charge in [-0.1, -0.05) is 6.07 Å². The summed E-state index contributed by atoms with van der Waals surface area (Å²) in [6, 6.07) is 4.52. The van der Waals surface area contributed by atoms with Gasteiger partial charge in [0.2, 0.25) is 0 Å². The lowest BCUT2D eigenvalue weighted by atomic mass is 9.98. The Morgan fingerprint density at radius 1 is 1.57 bits per heavy atom. The van der Waals surface area contributed by atoms with Crippen LogP contribution in [0.15, 0.2) is 18.2 Å². The third-order valence-electron chi connectivity index (χ3n) is 2.38.